The second kappa shape index (κ2) is 6.07. The molecule has 0 nitrogen and oxygen atoms in total. The van der Waals surface area contributed by atoms with Gasteiger partial charge in [0.05, 0.1) is 4.88 Å². The molecule has 0 atom stereocenters. The summed E-state index contributed by atoms with van der Waals surface area (Å²) in [5.41, 5.74) is 2.95. The van der Waals surface area contributed by atoms with Crippen molar-refractivity contribution in [2.24, 2.45) is 0 Å². The minimum atomic E-state index is 0.796. The van der Waals surface area contributed by atoms with Crippen LogP contribution in [0.1, 0.15) is 42.9 Å². The summed E-state index contributed by atoms with van der Waals surface area (Å²) in [6.45, 7) is 0. The molecule has 0 aromatic carbocycles. The van der Waals surface area contributed by atoms with Gasteiger partial charge in [-0.25, -0.2) is 0 Å². The standard InChI is InChI=1S/C18H18S3/c1-2-5-13(6-3-1)17-14(8-11-20-17)15-9-12-21-18(15)16-7-4-10-19-16/h4,7-13H,1-3,5-6H2. The molecular weight excluding hydrogens is 312 g/mol. The molecule has 0 aliphatic heterocycles. The van der Waals surface area contributed by atoms with Crippen LogP contribution >= 0.6 is 34.0 Å². The Morgan fingerprint density at radius 3 is 2.38 bits per heavy atom. The maximum absolute atomic E-state index is 2.34. The van der Waals surface area contributed by atoms with E-state index in [1.807, 2.05) is 34.0 Å². The van der Waals surface area contributed by atoms with Gasteiger partial charge in [0.25, 0.3) is 0 Å². The summed E-state index contributed by atoms with van der Waals surface area (Å²) in [5, 5.41) is 6.70. The summed E-state index contributed by atoms with van der Waals surface area (Å²) in [6, 6.07) is 9.05. The summed E-state index contributed by atoms with van der Waals surface area (Å²) < 4.78 is 0. The van der Waals surface area contributed by atoms with Gasteiger partial charge < -0.3 is 0 Å². The van der Waals surface area contributed by atoms with Crippen molar-refractivity contribution in [1.82, 2.24) is 0 Å². The Morgan fingerprint density at radius 1 is 0.762 bits per heavy atom. The topological polar surface area (TPSA) is 0 Å². The van der Waals surface area contributed by atoms with E-state index in [9.17, 15) is 0 Å². The van der Waals surface area contributed by atoms with Gasteiger partial charge in [0.15, 0.2) is 0 Å². The summed E-state index contributed by atoms with van der Waals surface area (Å²) in [5.74, 6) is 0.796. The van der Waals surface area contributed by atoms with Crippen LogP contribution in [0.15, 0.2) is 40.4 Å². The predicted octanol–water partition coefficient (Wildman–Crippen LogP) is 7.25. The van der Waals surface area contributed by atoms with E-state index in [4.69, 9.17) is 0 Å². The van der Waals surface area contributed by atoms with Gasteiger partial charge in [-0.2, -0.15) is 0 Å². The minimum Gasteiger partial charge on any atom is -0.148 e. The molecule has 0 unspecified atom stereocenters. The van der Waals surface area contributed by atoms with E-state index in [2.05, 4.69) is 40.4 Å². The molecule has 1 fully saturated rings. The lowest BCUT2D eigenvalue weighted by atomic mass is 9.86. The zero-order chi connectivity index (χ0) is 14.1. The molecule has 108 valence electrons. The summed E-state index contributed by atoms with van der Waals surface area (Å²) in [4.78, 5) is 4.48. The zero-order valence-corrected chi connectivity index (χ0v) is 14.3. The summed E-state index contributed by atoms with van der Waals surface area (Å²) >= 11 is 5.69. The molecule has 3 heteroatoms. The molecule has 1 aliphatic rings. The Morgan fingerprint density at radius 2 is 1.57 bits per heavy atom. The van der Waals surface area contributed by atoms with Gasteiger partial charge >= 0.3 is 0 Å². The van der Waals surface area contributed by atoms with Crippen molar-refractivity contribution < 1.29 is 0 Å². The van der Waals surface area contributed by atoms with E-state index in [1.165, 1.54) is 53.0 Å². The lowest BCUT2D eigenvalue weighted by Crippen LogP contribution is -2.03. The number of thiophene rings is 3. The summed E-state index contributed by atoms with van der Waals surface area (Å²) in [7, 11) is 0. The molecule has 3 aromatic heterocycles. The van der Waals surface area contributed by atoms with Gasteiger partial charge in [-0.3, -0.25) is 0 Å². The molecule has 21 heavy (non-hydrogen) atoms. The monoisotopic (exact) mass is 330 g/mol. The predicted molar refractivity (Wildman–Crippen MR) is 96.8 cm³/mol. The molecule has 3 heterocycles. The van der Waals surface area contributed by atoms with Crippen molar-refractivity contribution in [3.8, 4) is 20.9 Å². The third-order valence-corrected chi connectivity index (χ3v) is 7.42. The Balaban J connectivity index is 1.75. The number of hydrogen-bond acceptors (Lipinski definition) is 3. The van der Waals surface area contributed by atoms with Crippen molar-refractivity contribution >= 4 is 34.0 Å². The minimum absolute atomic E-state index is 0.796. The van der Waals surface area contributed by atoms with E-state index >= 15 is 0 Å². The highest BCUT2D eigenvalue weighted by Gasteiger charge is 2.22. The fourth-order valence-electron chi connectivity index (χ4n) is 3.34. The Labute approximate surface area is 138 Å². The van der Waals surface area contributed by atoms with Crippen LogP contribution in [0.5, 0.6) is 0 Å². The molecule has 0 spiro atoms. The van der Waals surface area contributed by atoms with Gasteiger partial charge in [0.1, 0.15) is 0 Å². The molecule has 0 amide bonds. The van der Waals surface area contributed by atoms with Gasteiger partial charge in [-0.05, 0) is 58.7 Å². The Bertz CT molecular complexity index is 696. The molecule has 1 saturated carbocycles. The van der Waals surface area contributed by atoms with Crippen LogP contribution < -0.4 is 0 Å². The molecule has 0 radical (unpaired) electrons. The second-order valence-electron chi connectivity index (χ2n) is 5.67. The maximum atomic E-state index is 2.34. The highest BCUT2D eigenvalue weighted by molar-refractivity contribution is 7.20. The van der Waals surface area contributed by atoms with E-state index in [-0.39, 0.29) is 0 Å². The molecule has 1 aliphatic carbocycles. The Hall–Kier alpha value is -0.900. The van der Waals surface area contributed by atoms with Crippen LogP contribution in [0.4, 0.5) is 0 Å². The van der Waals surface area contributed by atoms with Gasteiger partial charge in [0.2, 0.25) is 0 Å². The highest BCUT2D eigenvalue weighted by Crippen LogP contribution is 2.46. The highest BCUT2D eigenvalue weighted by atomic mass is 32.1. The van der Waals surface area contributed by atoms with Crippen LogP contribution in [0.3, 0.4) is 0 Å². The molecule has 3 aromatic rings. The summed E-state index contributed by atoms with van der Waals surface area (Å²) in [6.07, 6.45) is 7.00. The normalized spacial score (nSPS) is 16.4. The largest absolute Gasteiger partial charge is 0.148 e. The number of hydrogen-bond donors (Lipinski definition) is 0. The van der Waals surface area contributed by atoms with E-state index in [0.717, 1.165) is 5.92 Å². The van der Waals surface area contributed by atoms with E-state index in [1.54, 1.807) is 4.88 Å². The average molecular weight is 331 g/mol. The zero-order valence-electron chi connectivity index (χ0n) is 11.9. The van der Waals surface area contributed by atoms with Crippen LogP contribution in [-0.2, 0) is 0 Å². The molecular formula is C18H18S3. The third-order valence-electron chi connectivity index (χ3n) is 4.37. The maximum Gasteiger partial charge on any atom is 0.0521 e. The van der Waals surface area contributed by atoms with Crippen LogP contribution in [0.25, 0.3) is 20.9 Å². The van der Waals surface area contributed by atoms with Crippen LogP contribution in [-0.4, -0.2) is 0 Å². The first-order valence-corrected chi connectivity index (χ1v) is 10.3. The van der Waals surface area contributed by atoms with Gasteiger partial charge in [-0.1, -0.05) is 25.3 Å². The number of rotatable bonds is 3. The Kier molecular flexibility index (Phi) is 3.97. The third kappa shape index (κ3) is 2.63. The first-order valence-electron chi connectivity index (χ1n) is 7.62. The SMILES string of the molecule is c1csc(-c2sccc2-c2ccsc2C2CCCCC2)c1. The molecule has 0 saturated heterocycles. The van der Waals surface area contributed by atoms with Crippen molar-refractivity contribution in [2.75, 3.05) is 0 Å². The second-order valence-corrected chi connectivity index (χ2v) is 8.49. The molecule has 0 N–H and O–H groups in total. The van der Waals surface area contributed by atoms with Crippen molar-refractivity contribution in [3.05, 3.63) is 45.3 Å². The smallest absolute Gasteiger partial charge is 0.0521 e. The van der Waals surface area contributed by atoms with Crippen LogP contribution in [0.2, 0.25) is 0 Å². The fraction of sp³-hybridized carbons (Fsp3) is 0.333. The quantitative estimate of drug-likeness (QED) is 0.474. The van der Waals surface area contributed by atoms with E-state index < -0.39 is 0 Å². The van der Waals surface area contributed by atoms with Crippen molar-refractivity contribution in [1.29, 1.82) is 0 Å². The molecule has 4 rings (SSSR count). The van der Waals surface area contributed by atoms with Crippen molar-refractivity contribution in [2.45, 2.75) is 38.0 Å². The van der Waals surface area contributed by atoms with Crippen LogP contribution in [0, 0.1) is 0 Å². The van der Waals surface area contributed by atoms with E-state index in [0.29, 0.717) is 0 Å². The van der Waals surface area contributed by atoms with Gasteiger partial charge in [0, 0.05) is 15.3 Å². The first-order chi connectivity index (χ1) is 10.4. The average Bonchev–Trinajstić information content (AvgIpc) is 3.27. The fourth-order valence-corrected chi connectivity index (χ4v) is 6.22. The first kappa shape index (κ1) is 13.7. The lowest BCUT2D eigenvalue weighted by molar-refractivity contribution is 0.449. The molecule has 0 bridgehead atoms. The van der Waals surface area contributed by atoms with Crippen molar-refractivity contribution in [3.63, 3.8) is 0 Å². The lowest BCUT2D eigenvalue weighted by Gasteiger charge is -2.22. The van der Waals surface area contributed by atoms with Gasteiger partial charge in [-0.15, -0.1) is 34.0 Å².